The van der Waals surface area contributed by atoms with Gasteiger partial charge in [0, 0.05) is 13.5 Å². The SMILES string of the molecule is CCCCS(=O)(=O)N[C@@H](CC(C)C)C(=O)N[C@@H](Cc1ccccc1)C(=O)NC. The van der Waals surface area contributed by atoms with Crippen molar-refractivity contribution in [3.05, 3.63) is 35.9 Å². The third-order valence-electron chi connectivity index (χ3n) is 4.27. The zero-order valence-electron chi connectivity index (χ0n) is 17.2. The van der Waals surface area contributed by atoms with E-state index < -0.39 is 28.0 Å². The number of likely N-dealkylation sites (N-methyl/N-ethyl adjacent to an activating group) is 1. The number of unbranched alkanes of at least 4 members (excludes halogenated alkanes) is 1. The predicted molar refractivity (Wildman–Crippen MR) is 111 cm³/mol. The van der Waals surface area contributed by atoms with Crippen molar-refractivity contribution in [3.8, 4) is 0 Å². The van der Waals surface area contributed by atoms with Crippen LogP contribution in [0.4, 0.5) is 0 Å². The second-order valence-corrected chi connectivity index (χ2v) is 9.21. The number of amides is 2. The highest BCUT2D eigenvalue weighted by Crippen LogP contribution is 2.09. The monoisotopic (exact) mass is 411 g/mol. The highest BCUT2D eigenvalue weighted by atomic mass is 32.2. The van der Waals surface area contributed by atoms with Crippen molar-refractivity contribution in [2.75, 3.05) is 12.8 Å². The van der Waals surface area contributed by atoms with Gasteiger partial charge in [-0.1, -0.05) is 57.5 Å². The lowest BCUT2D eigenvalue weighted by molar-refractivity contribution is -0.129. The molecule has 3 N–H and O–H groups in total. The van der Waals surface area contributed by atoms with E-state index in [0.717, 1.165) is 12.0 Å². The molecule has 0 aliphatic heterocycles. The van der Waals surface area contributed by atoms with Crippen LogP contribution in [-0.4, -0.2) is 45.1 Å². The van der Waals surface area contributed by atoms with Crippen LogP contribution in [0.2, 0.25) is 0 Å². The molecule has 0 saturated carbocycles. The minimum atomic E-state index is -3.57. The summed E-state index contributed by atoms with van der Waals surface area (Å²) in [5.74, 6) is -0.723. The van der Waals surface area contributed by atoms with E-state index in [-0.39, 0.29) is 17.6 Å². The average Bonchev–Trinajstić information content (AvgIpc) is 2.65. The number of benzene rings is 1. The van der Waals surface area contributed by atoms with Crippen molar-refractivity contribution in [3.63, 3.8) is 0 Å². The summed E-state index contributed by atoms with van der Waals surface area (Å²) in [5, 5.41) is 5.28. The Bertz CT molecular complexity index is 720. The second kappa shape index (κ2) is 11.8. The molecule has 0 heterocycles. The number of sulfonamides is 1. The van der Waals surface area contributed by atoms with Gasteiger partial charge in [0.1, 0.15) is 12.1 Å². The zero-order valence-corrected chi connectivity index (χ0v) is 18.0. The first-order chi connectivity index (χ1) is 13.2. The van der Waals surface area contributed by atoms with Gasteiger partial charge in [-0.3, -0.25) is 9.59 Å². The summed E-state index contributed by atoms with van der Waals surface area (Å²) in [5.41, 5.74) is 0.903. The lowest BCUT2D eigenvalue weighted by Gasteiger charge is -2.24. The Balaban J connectivity index is 2.93. The Morgan fingerprint density at radius 3 is 2.21 bits per heavy atom. The number of rotatable bonds is 12. The smallest absolute Gasteiger partial charge is 0.242 e. The topological polar surface area (TPSA) is 104 Å². The van der Waals surface area contributed by atoms with E-state index in [1.54, 1.807) is 0 Å². The number of hydrogen-bond acceptors (Lipinski definition) is 4. The summed E-state index contributed by atoms with van der Waals surface area (Å²) in [6, 6.07) is 7.66. The number of carbonyl (C=O) groups is 2. The van der Waals surface area contributed by atoms with Gasteiger partial charge in [-0.2, -0.15) is 0 Å². The van der Waals surface area contributed by atoms with Gasteiger partial charge in [-0.25, -0.2) is 13.1 Å². The summed E-state index contributed by atoms with van der Waals surface area (Å²) >= 11 is 0. The molecule has 7 nitrogen and oxygen atoms in total. The summed E-state index contributed by atoms with van der Waals surface area (Å²) in [7, 11) is -2.06. The highest BCUT2D eigenvalue weighted by Gasteiger charge is 2.28. The summed E-state index contributed by atoms with van der Waals surface area (Å²) in [6.07, 6.45) is 1.95. The number of hydrogen-bond donors (Lipinski definition) is 3. The molecule has 2 amide bonds. The van der Waals surface area contributed by atoms with Crippen LogP contribution in [0.5, 0.6) is 0 Å². The predicted octanol–water partition coefficient (Wildman–Crippen LogP) is 1.59. The van der Waals surface area contributed by atoms with Gasteiger partial charge < -0.3 is 10.6 Å². The number of carbonyl (C=O) groups excluding carboxylic acids is 2. The van der Waals surface area contributed by atoms with Gasteiger partial charge in [0.05, 0.1) is 5.75 Å². The molecule has 0 saturated heterocycles. The average molecular weight is 412 g/mol. The molecule has 0 radical (unpaired) electrons. The minimum Gasteiger partial charge on any atom is -0.357 e. The standard InChI is InChI=1S/C20H33N3O4S/c1-5-6-12-28(26,27)23-18(13-15(2)3)20(25)22-17(19(24)21-4)14-16-10-8-7-9-11-16/h7-11,15,17-18,23H,5-6,12-14H2,1-4H3,(H,21,24)(H,22,25)/t17-,18-/m0/s1. The van der Waals surface area contributed by atoms with E-state index in [0.29, 0.717) is 19.3 Å². The Morgan fingerprint density at radius 1 is 1.04 bits per heavy atom. The number of nitrogens with one attached hydrogen (secondary N) is 3. The Morgan fingerprint density at radius 2 is 1.68 bits per heavy atom. The molecule has 1 aromatic carbocycles. The van der Waals surface area contributed by atoms with Crippen molar-refractivity contribution >= 4 is 21.8 Å². The van der Waals surface area contributed by atoms with E-state index >= 15 is 0 Å². The fraction of sp³-hybridized carbons (Fsp3) is 0.600. The lowest BCUT2D eigenvalue weighted by atomic mass is 10.0. The van der Waals surface area contributed by atoms with E-state index in [2.05, 4.69) is 15.4 Å². The van der Waals surface area contributed by atoms with Crippen LogP contribution in [0, 0.1) is 5.92 Å². The van der Waals surface area contributed by atoms with Gasteiger partial charge in [0.25, 0.3) is 0 Å². The summed E-state index contributed by atoms with van der Waals surface area (Å²) < 4.78 is 27.1. The van der Waals surface area contributed by atoms with Crippen LogP contribution >= 0.6 is 0 Å². The molecule has 0 aromatic heterocycles. The van der Waals surface area contributed by atoms with Gasteiger partial charge in [-0.05, 0) is 24.3 Å². The zero-order chi connectivity index (χ0) is 21.2. The van der Waals surface area contributed by atoms with Crippen LogP contribution in [0.1, 0.15) is 45.6 Å². The van der Waals surface area contributed by atoms with Gasteiger partial charge >= 0.3 is 0 Å². The van der Waals surface area contributed by atoms with Crippen molar-refractivity contribution < 1.29 is 18.0 Å². The molecular weight excluding hydrogens is 378 g/mol. The largest absolute Gasteiger partial charge is 0.357 e. The Kier molecular flexibility index (Phi) is 10.2. The fourth-order valence-electron chi connectivity index (χ4n) is 2.80. The highest BCUT2D eigenvalue weighted by molar-refractivity contribution is 7.89. The lowest BCUT2D eigenvalue weighted by Crippen LogP contribution is -2.54. The first-order valence-corrected chi connectivity index (χ1v) is 11.4. The summed E-state index contributed by atoms with van der Waals surface area (Å²) in [6.45, 7) is 5.74. The van der Waals surface area contributed by atoms with Gasteiger partial charge in [-0.15, -0.1) is 0 Å². The molecule has 2 atom stereocenters. The molecule has 1 rings (SSSR count). The van der Waals surface area contributed by atoms with Crippen molar-refractivity contribution in [1.29, 1.82) is 0 Å². The molecule has 28 heavy (non-hydrogen) atoms. The van der Waals surface area contributed by atoms with Crippen LogP contribution in [0.15, 0.2) is 30.3 Å². The molecule has 158 valence electrons. The van der Waals surface area contributed by atoms with Crippen LogP contribution in [0.3, 0.4) is 0 Å². The molecule has 0 aliphatic rings. The van der Waals surface area contributed by atoms with Crippen molar-refractivity contribution in [2.45, 2.75) is 58.5 Å². The van der Waals surface area contributed by atoms with Gasteiger partial charge in [0.15, 0.2) is 0 Å². The van der Waals surface area contributed by atoms with Crippen LogP contribution in [-0.2, 0) is 26.0 Å². The summed E-state index contributed by atoms with van der Waals surface area (Å²) in [4.78, 5) is 25.1. The quantitative estimate of drug-likeness (QED) is 0.486. The third-order valence-corrected chi connectivity index (χ3v) is 5.74. The maximum Gasteiger partial charge on any atom is 0.242 e. The van der Waals surface area contributed by atoms with E-state index in [9.17, 15) is 18.0 Å². The maximum absolute atomic E-state index is 12.8. The van der Waals surface area contributed by atoms with E-state index in [1.807, 2.05) is 51.1 Å². The van der Waals surface area contributed by atoms with E-state index in [4.69, 9.17) is 0 Å². The maximum atomic E-state index is 12.8. The molecular formula is C20H33N3O4S. The molecule has 1 aromatic rings. The van der Waals surface area contributed by atoms with Crippen molar-refractivity contribution in [1.82, 2.24) is 15.4 Å². The Hall–Kier alpha value is -1.93. The Labute approximate surface area is 168 Å². The van der Waals surface area contributed by atoms with Crippen LogP contribution < -0.4 is 15.4 Å². The molecule has 0 aliphatic carbocycles. The molecule has 8 heteroatoms. The third kappa shape index (κ3) is 8.84. The first-order valence-electron chi connectivity index (χ1n) is 9.74. The fourth-order valence-corrected chi connectivity index (χ4v) is 4.22. The molecule has 0 spiro atoms. The van der Waals surface area contributed by atoms with Gasteiger partial charge in [0.2, 0.25) is 21.8 Å². The molecule has 0 unspecified atom stereocenters. The molecule has 0 bridgehead atoms. The minimum absolute atomic E-state index is 0.0196. The second-order valence-electron chi connectivity index (χ2n) is 7.34. The van der Waals surface area contributed by atoms with Crippen LogP contribution in [0.25, 0.3) is 0 Å². The van der Waals surface area contributed by atoms with Crippen molar-refractivity contribution in [2.24, 2.45) is 5.92 Å². The van der Waals surface area contributed by atoms with E-state index in [1.165, 1.54) is 7.05 Å². The first kappa shape index (κ1) is 24.1. The normalized spacial score (nSPS) is 13.8. The molecule has 0 fully saturated rings.